The minimum atomic E-state index is -0.465. The molecular formula is C29H34FN5O2. The van der Waals surface area contributed by atoms with Crippen molar-refractivity contribution in [3.8, 4) is 11.3 Å². The van der Waals surface area contributed by atoms with Crippen LogP contribution in [0.4, 0.5) is 10.2 Å². The van der Waals surface area contributed by atoms with Gasteiger partial charge in [0.2, 0.25) is 5.91 Å². The fraction of sp³-hybridized carbons (Fsp3) is 0.379. The average Bonchev–Trinajstić information content (AvgIpc) is 3.19. The van der Waals surface area contributed by atoms with Gasteiger partial charge in [0.25, 0.3) is 5.91 Å². The fourth-order valence-corrected chi connectivity index (χ4v) is 4.44. The number of benzene rings is 2. The normalized spacial score (nSPS) is 14.7. The molecule has 2 aromatic carbocycles. The van der Waals surface area contributed by atoms with Crippen LogP contribution in [0.15, 0.2) is 66.7 Å². The number of rotatable bonds is 8. The number of carbonyl (C=O) groups is 2. The van der Waals surface area contributed by atoms with Gasteiger partial charge in [-0.2, -0.15) is 0 Å². The van der Waals surface area contributed by atoms with Crippen molar-refractivity contribution in [2.45, 2.75) is 26.7 Å². The summed E-state index contributed by atoms with van der Waals surface area (Å²) in [5.74, 6) is 0.128. The molecule has 0 saturated carbocycles. The van der Waals surface area contributed by atoms with Gasteiger partial charge in [0.1, 0.15) is 12.4 Å². The van der Waals surface area contributed by atoms with Crippen LogP contribution in [-0.2, 0) is 4.79 Å². The van der Waals surface area contributed by atoms with Crippen molar-refractivity contribution in [3.63, 3.8) is 0 Å². The molecule has 0 aliphatic carbocycles. The first-order valence-corrected chi connectivity index (χ1v) is 12.9. The maximum Gasteiger partial charge on any atom is 0.254 e. The van der Waals surface area contributed by atoms with Crippen LogP contribution in [-0.4, -0.2) is 71.1 Å². The molecule has 0 N–H and O–H groups in total. The Hall–Kier alpha value is -3.81. The number of anilines is 1. The average molecular weight is 504 g/mol. The summed E-state index contributed by atoms with van der Waals surface area (Å²) in [4.78, 5) is 32.0. The smallest absolute Gasteiger partial charge is 0.254 e. The highest BCUT2D eigenvalue weighted by molar-refractivity contribution is 5.96. The highest BCUT2D eigenvalue weighted by Gasteiger charge is 2.26. The van der Waals surface area contributed by atoms with E-state index in [1.54, 1.807) is 11.0 Å². The number of nitrogens with zero attached hydrogens (tertiary/aromatic N) is 5. The molecule has 0 spiro atoms. The number of hydrogen-bond acceptors (Lipinski definition) is 5. The third-order valence-electron chi connectivity index (χ3n) is 6.81. The highest BCUT2D eigenvalue weighted by atomic mass is 19.1. The molecule has 1 unspecified atom stereocenters. The lowest BCUT2D eigenvalue weighted by Crippen LogP contribution is -2.45. The summed E-state index contributed by atoms with van der Waals surface area (Å²) in [7, 11) is 0. The Balaban J connectivity index is 1.39. The first kappa shape index (κ1) is 26.3. The molecule has 3 aromatic rings. The first-order chi connectivity index (χ1) is 17.9. The molecule has 7 nitrogen and oxygen atoms in total. The summed E-state index contributed by atoms with van der Waals surface area (Å²) < 4.78 is 13.7. The number of hydrogen-bond donors (Lipinski definition) is 0. The zero-order valence-corrected chi connectivity index (χ0v) is 21.5. The first-order valence-electron chi connectivity index (χ1n) is 12.9. The standard InChI is InChI=1S/C29H34FN5O2/c1-3-22(2)20-35(29(37)24-11-7-12-25(30)19-24)21-28(36)34-16-8-15-33(17-18-34)27-14-13-26(31-32-27)23-9-5-4-6-10-23/h4-7,9-14,19,22H,3,8,15-18,20-21H2,1-2H3. The second kappa shape index (κ2) is 12.4. The Labute approximate surface area is 217 Å². The lowest BCUT2D eigenvalue weighted by Gasteiger charge is -2.29. The molecule has 2 amide bonds. The quantitative estimate of drug-likeness (QED) is 0.452. The van der Waals surface area contributed by atoms with Crippen molar-refractivity contribution in [1.29, 1.82) is 0 Å². The predicted molar refractivity (Wildman–Crippen MR) is 143 cm³/mol. The van der Waals surface area contributed by atoms with E-state index in [9.17, 15) is 14.0 Å². The summed E-state index contributed by atoms with van der Waals surface area (Å²) in [6.07, 6.45) is 1.67. The van der Waals surface area contributed by atoms with Crippen LogP contribution in [0.1, 0.15) is 37.0 Å². The zero-order chi connectivity index (χ0) is 26.2. The monoisotopic (exact) mass is 503 g/mol. The van der Waals surface area contributed by atoms with Gasteiger partial charge in [-0.25, -0.2) is 4.39 Å². The molecule has 0 bridgehead atoms. The molecule has 1 atom stereocenters. The Bertz CT molecular complexity index is 1190. The maximum absolute atomic E-state index is 13.7. The lowest BCUT2D eigenvalue weighted by atomic mass is 10.1. The Morgan fingerprint density at radius 1 is 0.973 bits per heavy atom. The highest BCUT2D eigenvalue weighted by Crippen LogP contribution is 2.19. The van der Waals surface area contributed by atoms with Gasteiger partial charge in [-0.1, -0.05) is 56.7 Å². The second-order valence-electron chi connectivity index (χ2n) is 9.57. The van der Waals surface area contributed by atoms with E-state index in [-0.39, 0.29) is 29.8 Å². The van der Waals surface area contributed by atoms with Gasteiger partial charge in [-0.3, -0.25) is 9.59 Å². The van der Waals surface area contributed by atoms with Crippen molar-refractivity contribution in [2.24, 2.45) is 5.92 Å². The van der Waals surface area contributed by atoms with E-state index in [4.69, 9.17) is 0 Å². The molecule has 2 heterocycles. The summed E-state index contributed by atoms with van der Waals surface area (Å²) in [5, 5.41) is 8.83. The van der Waals surface area contributed by atoms with Crippen molar-refractivity contribution in [2.75, 3.05) is 44.2 Å². The molecule has 1 aromatic heterocycles. The SMILES string of the molecule is CCC(C)CN(CC(=O)N1CCCN(c2ccc(-c3ccccc3)nn2)CC1)C(=O)c1cccc(F)c1. The van der Waals surface area contributed by atoms with Gasteiger partial charge in [0.05, 0.1) is 5.69 Å². The molecule has 8 heteroatoms. The van der Waals surface area contributed by atoms with E-state index < -0.39 is 5.82 Å². The van der Waals surface area contributed by atoms with Crippen molar-refractivity contribution < 1.29 is 14.0 Å². The molecule has 1 aliphatic heterocycles. The van der Waals surface area contributed by atoms with Crippen LogP contribution in [0, 0.1) is 11.7 Å². The van der Waals surface area contributed by atoms with E-state index in [1.165, 1.54) is 18.2 Å². The molecular weight excluding hydrogens is 469 g/mol. The third kappa shape index (κ3) is 6.90. The third-order valence-corrected chi connectivity index (χ3v) is 6.81. The van der Waals surface area contributed by atoms with E-state index in [2.05, 4.69) is 22.0 Å². The van der Waals surface area contributed by atoms with E-state index in [0.29, 0.717) is 26.2 Å². The minimum Gasteiger partial charge on any atom is -0.353 e. The maximum atomic E-state index is 13.7. The van der Waals surface area contributed by atoms with Crippen LogP contribution in [0.3, 0.4) is 0 Å². The molecule has 4 rings (SSSR count). The Morgan fingerprint density at radius 3 is 2.49 bits per heavy atom. The fourth-order valence-electron chi connectivity index (χ4n) is 4.44. The summed E-state index contributed by atoms with van der Waals surface area (Å²) in [6.45, 7) is 7.06. The molecule has 0 radical (unpaired) electrons. The molecule has 1 saturated heterocycles. The van der Waals surface area contributed by atoms with Crippen LogP contribution in [0.2, 0.25) is 0 Å². The van der Waals surface area contributed by atoms with Crippen LogP contribution < -0.4 is 4.90 Å². The molecule has 37 heavy (non-hydrogen) atoms. The minimum absolute atomic E-state index is 0.0226. The molecule has 1 fully saturated rings. The summed E-state index contributed by atoms with van der Waals surface area (Å²) >= 11 is 0. The lowest BCUT2D eigenvalue weighted by molar-refractivity contribution is -0.131. The molecule has 1 aliphatic rings. The summed E-state index contributed by atoms with van der Waals surface area (Å²) in [6, 6.07) is 19.5. The number of halogens is 1. The molecule has 194 valence electrons. The number of amides is 2. The van der Waals surface area contributed by atoms with E-state index in [0.717, 1.165) is 36.5 Å². The van der Waals surface area contributed by atoms with Gasteiger partial charge in [-0.05, 0) is 42.7 Å². The van der Waals surface area contributed by atoms with Crippen LogP contribution >= 0.6 is 0 Å². The van der Waals surface area contributed by atoms with E-state index >= 15 is 0 Å². The van der Waals surface area contributed by atoms with Crippen molar-refractivity contribution >= 4 is 17.6 Å². The van der Waals surface area contributed by atoms with Gasteiger partial charge in [-0.15, -0.1) is 10.2 Å². The summed E-state index contributed by atoms with van der Waals surface area (Å²) in [5.41, 5.74) is 2.10. The topological polar surface area (TPSA) is 69.6 Å². The Morgan fingerprint density at radius 2 is 1.78 bits per heavy atom. The van der Waals surface area contributed by atoms with Gasteiger partial charge in [0, 0.05) is 43.9 Å². The van der Waals surface area contributed by atoms with Gasteiger partial charge < -0.3 is 14.7 Å². The van der Waals surface area contributed by atoms with Crippen molar-refractivity contribution in [3.05, 3.63) is 78.1 Å². The van der Waals surface area contributed by atoms with Crippen LogP contribution in [0.5, 0.6) is 0 Å². The van der Waals surface area contributed by atoms with Crippen molar-refractivity contribution in [1.82, 2.24) is 20.0 Å². The Kier molecular flexibility index (Phi) is 8.82. The van der Waals surface area contributed by atoms with Gasteiger partial charge >= 0.3 is 0 Å². The van der Waals surface area contributed by atoms with Crippen LogP contribution in [0.25, 0.3) is 11.3 Å². The predicted octanol–water partition coefficient (Wildman–Crippen LogP) is 4.51. The largest absolute Gasteiger partial charge is 0.353 e. The second-order valence-corrected chi connectivity index (χ2v) is 9.57. The zero-order valence-electron chi connectivity index (χ0n) is 21.5. The van der Waals surface area contributed by atoms with E-state index in [1.807, 2.05) is 54.3 Å². The van der Waals surface area contributed by atoms with Gasteiger partial charge in [0.15, 0.2) is 5.82 Å². The number of carbonyl (C=O) groups excluding carboxylic acids is 2. The number of aromatic nitrogens is 2.